The maximum Gasteiger partial charge on any atom is 0.121 e. The standard InChI is InChI=1S/C12H15N3O/c13-5-2-7-15(8-3-9-16)11-12-4-1-6-14-10-12/h1,4,6,9-10H,2-3,7-8,11H2. The number of pyridine rings is 1. The lowest BCUT2D eigenvalue weighted by atomic mass is 10.2. The third-order valence-electron chi connectivity index (χ3n) is 2.23. The van der Waals surface area contributed by atoms with Gasteiger partial charge in [0, 0.05) is 44.9 Å². The van der Waals surface area contributed by atoms with Crippen LogP contribution < -0.4 is 0 Å². The highest BCUT2D eigenvalue weighted by Gasteiger charge is 2.05. The molecule has 0 spiro atoms. The van der Waals surface area contributed by atoms with E-state index in [4.69, 9.17) is 5.26 Å². The molecule has 0 saturated heterocycles. The van der Waals surface area contributed by atoms with Gasteiger partial charge < -0.3 is 4.79 Å². The largest absolute Gasteiger partial charge is 0.303 e. The summed E-state index contributed by atoms with van der Waals surface area (Å²) in [5, 5.41) is 8.55. The Balaban J connectivity index is 2.49. The zero-order valence-electron chi connectivity index (χ0n) is 9.17. The molecule has 84 valence electrons. The fourth-order valence-corrected chi connectivity index (χ4v) is 1.46. The Morgan fingerprint density at radius 2 is 2.38 bits per heavy atom. The molecule has 0 unspecified atom stereocenters. The first kappa shape index (κ1) is 12.3. The molecular weight excluding hydrogens is 202 g/mol. The van der Waals surface area contributed by atoms with E-state index in [1.807, 2.05) is 12.1 Å². The Hall–Kier alpha value is -1.73. The lowest BCUT2D eigenvalue weighted by Gasteiger charge is -2.19. The number of nitrogens with zero attached hydrogens (tertiary/aromatic N) is 3. The van der Waals surface area contributed by atoms with Gasteiger partial charge in [-0.25, -0.2) is 0 Å². The number of carbonyl (C=O) groups is 1. The molecule has 1 rings (SSSR count). The number of hydrogen-bond donors (Lipinski definition) is 0. The minimum Gasteiger partial charge on any atom is -0.303 e. The molecule has 0 atom stereocenters. The van der Waals surface area contributed by atoms with Crippen molar-refractivity contribution in [1.82, 2.24) is 9.88 Å². The Labute approximate surface area is 95.5 Å². The van der Waals surface area contributed by atoms with Gasteiger partial charge in [-0.15, -0.1) is 0 Å². The van der Waals surface area contributed by atoms with Crippen LogP contribution in [-0.4, -0.2) is 29.3 Å². The third-order valence-corrected chi connectivity index (χ3v) is 2.23. The van der Waals surface area contributed by atoms with Gasteiger partial charge in [0.2, 0.25) is 0 Å². The second kappa shape index (κ2) is 7.55. The van der Waals surface area contributed by atoms with Crippen molar-refractivity contribution in [2.75, 3.05) is 13.1 Å². The van der Waals surface area contributed by atoms with E-state index in [-0.39, 0.29) is 0 Å². The van der Waals surface area contributed by atoms with Gasteiger partial charge in [0.25, 0.3) is 0 Å². The molecule has 0 amide bonds. The number of rotatable bonds is 7. The van der Waals surface area contributed by atoms with Gasteiger partial charge in [0.15, 0.2) is 0 Å². The van der Waals surface area contributed by atoms with E-state index in [2.05, 4.69) is 16.0 Å². The predicted octanol–water partition coefficient (Wildman–Crippen LogP) is 1.39. The lowest BCUT2D eigenvalue weighted by Crippen LogP contribution is -2.25. The van der Waals surface area contributed by atoms with Gasteiger partial charge >= 0.3 is 0 Å². The van der Waals surface area contributed by atoms with Gasteiger partial charge in [-0.2, -0.15) is 5.26 Å². The molecule has 16 heavy (non-hydrogen) atoms. The zero-order valence-corrected chi connectivity index (χ0v) is 9.17. The molecule has 4 heteroatoms. The van der Waals surface area contributed by atoms with Gasteiger partial charge in [0.05, 0.1) is 6.07 Å². The topological polar surface area (TPSA) is 57.0 Å². The van der Waals surface area contributed by atoms with Crippen molar-refractivity contribution >= 4 is 6.29 Å². The molecule has 0 aliphatic heterocycles. The quantitative estimate of drug-likeness (QED) is 0.647. The Morgan fingerprint density at radius 3 is 3.00 bits per heavy atom. The van der Waals surface area contributed by atoms with Crippen molar-refractivity contribution in [3.63, 3.8) is 0 Å². The van der Waals surface area contributed by atoms with Gasteiger partial charge in [-0.05, 0) is 11.6 Å². The molecule has 0 fully saturated rings. The van der Waals surface area contributed by atoms with E-state index in [1.165, 1.54) is 0 Å². The highest BCUT2D eigenvalue weighted by molar-refractivity contribution is 5.49. The molecule has 0 aromatic carbocycles. The van der Waals surface area contributed by atoms with Crippen LogP contribution in [0.15, 0.2) is 24.5 Å². The van der Waals surface area contributed by atoms with Crippen LogP contribution in [0.4, 0.5) is 0 Å². The fraction of sp³-hybridized carbons (Fsp3) is 0.417. The molecule has 4 nitrogen and oxygen atoms in total. The molecule has 1 aromatic rings. The van der Waals surface area contributed by atoms with Crippen molar-refractivity contribution < 1.29 is 4.79 Å². The van der Waals surface area contributed by atoms with E-state index < -0.39 is 0 Å². The number of carbonyl (C=O) groups excluding carboxylic acids is 1. The first-order valence-corrected chi connectivity index (χ1v) is 5.28. The van der Waals surface area contributed by atoms with Crippen molar-refractivity contribution in [1.29, 1.82) is 5.26 Å². The summed E-state index contributed by atoms with van der Waals surface area (Å²) in [6, 6.07) is 5.99. The summed E-state index contributed by atoms with van der Waals surface area (Å²) >= 11 is 0. The SMILES string of the molecule is N#CCCN(CCC=O)Cc1cccnc1. The summed E-state index contributed by atoms with van der Waals surface area (Å²) < 4.78 is 0. The summed E-state index contributed by atoms with van der Waals surface area (Å²) in [6.07, 6.45) is 5.43. The van der Waals surface area contributed by atoms with Crippen LogP contribution in [0, 0.1) is 11.3 Å². The van der Waals surface area contributed by atoms with Gasteiger partial charge in [0.1, 0.15) is 6.29 Å². The van der Waals surface area contributed by atoms with Crippen LogP contribution in [0.2, 0.25) is 0 Å². The average molecular weight is 217 g/mol. The average Bonchev–Trinajstić information content (AvgIpc) is 2.34. The van der Waals surface area contributed by atoms with Gasteiger partial charge in [-0.1, -0.05) is 6.07 Å². The molecule has 0 aliphatic carbocycles. The van der Waals surface area contributed by atoms with Crippen molar-refractivity contribution in [3.05, 3.63) is 30.1 Å². The second-order valence-corrected chi connectivity index (χ2v) is 3.50. The first-order valence-electron chi connectivity index (χ1n) is 5.28. The maximum absolute atomic E-state index is 10.3. The summed E-state index contributed by atoms with van der Waals surface area (Å²) in [5.41, 5.74) is 1.10. The van der Waals surface area contributed by atoms with Crippen molar-refractivity contribution in [2.45, 2.75) is 19.4 Å². The minimum atomic E-state index is 0.485. The second-order valence-electron chi connectivity index (χ2n) is 3.50. The fourth-order valence-electron chi connectivity index (χ4n) is 1.46. The van der Waals surface area contributed by atoms with E-state index >= 15 is 0 Å². The van der Waals surface area contributed by atoms with E-state index in [0.717, 1.165) is 18.4 Å². The number of aromatic nitrogens is 1. The molecule has 0 aliphatic rings. The van der Waals surface area contributed by atoms with Crippen LogP contribution in [0.3, 0.4) is 0 Å². The number of nitriles is 1. The predicted molar refractivity (Wildman–Crippen MR) is 60.4 cm³/mol. The van der Waals surface area contributed by atoms with Crippen molar-refractivity contribution in [2.24, 2.45) is 0 Å². The lowest BCUT2D eigenvalue weighted by molar-refractivity contribution is -0.108. The molecule has 0 saturated carbocycles. The molecular formula is C12H15N3O. The Bertz CT molecular complexity index is 345. The number of hydrogen-bond acceptors (Lipinski definition) is 4. The van der Waals surface area contributed by atoms with Crippen LogP contribution in [-0.2, 0) is 11.3 Å². The molecule has 0 radical (unpaired) electrons. The third kappa shape index (κ3) is 4.67. The van der Waals surface area contributed by atoms with E-state index in [0.29, 0.717) is 25.9 Å². The van der Waals surface area contributed by atoms with E-state index in [9.17, 15) is 4.79 Å². The molecule has 0 bridgehead atoms. The highest BCUT2D eigenvalue weighted by atomic mass is 16.1. The first-order chi connectivity index (χ1) is 7.86. The normalized spacial score (nSPS) is 10.0. The summed E-state index contributed by atoms with van der Waals surface area (Å²) in [6.45, 7) is 2.13. The minimum absolute atomic E-state index is 0.485. The Morgan fingerprint density at radius 1 is 1.50 bits per heavy atom. The maximum atomic E-state index is 10.3. The van der Waals surface area contributed by atoms with E-state index in [1.54, 1.807) is 12.4 Å². The number of aldehydes is 1. The summed E-state index contributed by atoms with van der Waals surface area (Å²) in [5.74, 6) is 0. The van der Waals surface area contributed by atoms with Crippen LogP contribution in [0.1, 0.15) is 18.4 Å². The van der Waals surface area contributed by atoms with Crippen LogP contribution in [0.5, 0.6) is 0 Å². The smallest absolute Gasteiger partial charge is 0.121 e. The zero-order chi connectivity index (χ0) is 11.6. The van der Waals surface area contributed by atoms with Crippen LogP contribution in [0.25, 0.3) is 0 Å². The summed E-state index contributed by atoms with van der Waals surface area (Å²) in [7, 11) is 0. The Kier molecular flexibility index (Phi) is 5.82. The van der Waals surface area contributed by atoms with Crippen molar-refractivity contribution in [3.8, 4) is 6.07 Å². The molecule has 0 N–H and O–H groups in total. The molecule has 1 aromatic heterocycles. The highest BCUT2D eigenvalue weighted by Crippen LogP contribution is 2.03. The van der Waals surface area contributed by atoms with Gasteiger partial charge in [-0.3, -0.25) is 9.88 Å². The monoisotopic (exact) mass is 217 g/mol. The molecule has 1 heterocycles. The van der Waals surface area contributed by atoms with Crippen LogP contribution >= 0.6 is 0 Å². The summed E-state index contributed by atoms with van der Waals surface area (Å²) in [4.78, 5) is 16.5.